The number of carbonyl (C=O) groups is 1. The van der Waals surface area contributed by atoms with Gasteiger partial charge in [0.1, 0.15) is 18.1 Å². The molecule has 0 saturated heterocycles. The lowest BCUT2D eigenvalue weighted by atomic mass is 10.1. The molecule has 0 aliphatic carbocycles. The number of nitrogens with one attached hydrogen (secondary N) is 1. The van der Waals surface area contributed by atoms with Gasteiger partial charge in [-0.1, -0.05) is 17.3 Å². The molecule has 0 spiro atoms. The summed E-state index contributed by atoms with van der Waals surface area (Å²) in [5.41, 5.74) is 3.32. The van der Waals surface area contributed by atoms with Crippen LogP contribution in [0.1, 0.15) is 21.6 Å². The van der Waals surface area contributed by atoms with Crippen molar-refractivity contribution in [1.29, 1.82) is 0 Å². The van der Waals surface area contributed by atoms with Gasteiger partial charge in [0.15, 0.2) is 11.5 Å². The first kappa shape index (κ1) is 18.5. The molecule has 0 aliphatic heterocycles. The number of ether oxygens (including phenoxy) is 2. The Bertz CT molecular complexity index is 916. The van der Waals surface area contributed by atoms with Gasteiger partial charge in [-0.2, -0.15) is 0 Å². The smallest absolute Gasteiger partial charge is 0.273 e. The van der Waals surface area contributed by atoms with Crippen molar-refractivity contribution in [2.75, 3.05) is 20.3 Å². The topological polar surface area (TPSA) is 73.6 Å². The average molecular weight is 366 g/mol. The molecule has 27 heavy (non-hydrogen) atoms. The molecule has 0 atom stereocenters. The van der Waals surface area contributed by atoms with Crippen LogP contribution in [0.3, 0.4) is 0 Å². The van der Waals surface area contributed by atoms with E-state index in [0.717, 1.165) is 22.6 Å². The van der Waals surface area contributed by atoms with E-state index in [9.17, 15) is 4.79 Å². The Balaban J connectivity index is 1.52. The third-order valence-corrected chi connectivity index (χ3v) is 4.32. The third-order valence-electron chi connectivity index (χ3n) is 4.32. The van der Waals surface area contributed by atoms with Gasteiger partial charge in [-0.25, -0.2) is 0 Å². The van der Waals surface area contributed by atoms with E-state index in [4.69, 9.17) is 14.0 Å². The van der Waals surface area contributed by atoms with Gasteiger partial charge < -0.3 is 19.3 Å². The lowest BCUT2D eigenvalue weighted by Gasteiger charge is -2.10. The highest BCUT2D eigenvalue weighted by Gasteiger charge is 2.13. The first-order chi connectivity index (χ1) is 13.1. The largest absolute Gasteiger partial charge is 0.497 e. The SMILES string of the molecule is COc1ccc(-c2cc(C(=O)NCCOc3cccc(C)c3C)no2)cc1. The van der Waals surface area contributed by atoms with Crippen molar-refractivity contribution in [2.45, 2.75) is 13.8 Å². The van der Waals surface area contributed by atoms with Gasteiger partial charge in [0, 0.05) is 11.6 Å². The zero-order valence-electron chi connectivity index (χ0n) is 15.6. The van der Waals surface area contributed by atoms with Crippen LogP contribution in [0.25, 0.3) is 11.3 Å². The first-order valence-corrected chi connectivity index (χ1v) is 8.67. The lowest BCUT2D eigenvalue weighted by Crippen LogP contribution is -2.28. The van der Waals surface area contributed by atoms with Gasteiger partial charge in [-0.3, -0.25) is 4.79 Å². The van der Waals surface area contributed by atoms with E-state index in [-0.39, 0.29) is 11.6 Å². The second kappa shape index (κ2) is 8.40. The van der Waals surface area contributed by atoms with Crippen molar-refractivity contribution < 1.29 is 18.8 Å². The summed E-state index contributed by atoms with van der Waals surface area (Å²) >= 11 is 0. The monoisotopic (exact) mass is 366 g/mol. The molecular formula is C21H22N2O4. The lowest BCUT2D eigenvalue weighted by molar-refractivity contribution is 0.0938. The average Bonchev–Trinajstić information content (AvgIpc) is 3.18. The normalized spacial score (nSPS) is 10.5. The Morgan fingerprint density at radius 3 is 2.67 bits per heavy atom. The molecule has 0 aliphatic rings. The number of nitrogens with zero attached hydrogens (tertiary/aromatic N) is 1. The zero-order valence-corrected chi connectivity index (χ0v) is 15.6. The van der Waals surface area contributed by atoms with Gasteiger partial charge in [-0.15, -0.1) is 0 Å². The van der Waals surface area contributed by atoms with E-state index in [1.54, 1.807) is 13.2 Å². The molecular weight excluding hydrogens is 344 g/mol. The minimum Gasteiger partial charge on any atom is -0.497 e. The predicted molar refractivity (Wildman–Crippen MR) is 102 cm³/mol. The summed E-state index contributed by atoms with van der Waals surface area (Å²) in [5, 5.41) is 6.62. The minimum absolute atomic E-state index is 0.229. The Labute approximate surface area is 158 Å². The Hall–Kier alpha value is -3.28. The van der Waals surface area contributed by atoms with Crippen LogP contribution in [0.5, 0.6) is 11.5 Å². The van der Waals surface area contributed by atoms with E-state index in [1.165, 1.54) is 5.56 Å². The molecule has 1 N–H and O–H groups in total. The van der Waals surface area contributed by atoms with Crippen molar-refractivity contribution in [3.05, 3.63) is 65.4 Å². The van der Waals surface area contributed by atoms with Crippen LogP contribution in [0, 0.1) is 13.8 Å². The fourth-order valence-corrected chi connectivity index (χ4v) is 2.57. The highest BCUT2D eigenvalue weighted by atomic mass is 16.5. The number of hydrogen-bond acceptors (Lipinski definition) is 5. The summed E-state index contributed by atoms with van der Waals surface area (Å²) in [6, 6.07) is 14.9. The van der Waals surface area contributed by atoms with Crippen LogP contribution in [0.4, 0.5) is 0 Å². The molecule has 1 aromatic heterocycles. The zero-order chi connectivity index (χ0) is 19.2. The second-order valence-corrected chi connectivity index (χ2v) is 6.11. The van der Waals surface area contributed by atoms with Crippen LogP contribution in [-0.4, -0.2) is 31.3 Å². The number of amides is 1. The summed E-state index contributed by atoms with van der Waals surface area (Å²) < 4.78 is 16.1. The van der Waals surface area contributed by atoms with Crippen LogP contribution >= 0.6 is 0 Å². The molecule has 0 fully saturated rings. The minimum atomic E-state index is -0.303. The van der Waals surface area contributed by atoms with Gasteiger partial charge in [0.05, 0.1) is 13.7 Å². The van der Waals surface area contributed by atoms with Crippen molar-refractivity contribution in [2.24, 2.45) is 0 Å². The molecule has 1 amide bonds. The van der Waals surface area contributed by atoms with Gasteiger partial charge in [0.25, 0.3) is 5.91 Å². The summed E-state index contributed by atoms with van der Waals surface area (Å²) in [5.74, 6) is 1.80. The molecule has 140 valence electrons. The van der Waals surface area contributed by atoms with E-state index in [2.05, 4.69) is 10.5 Å². The molecule has 0 radical (unpaired) electrons. The molecule has 2 aromatic carbocycles. The maximum Gasteiger partial charge on any atom is 0.273 e. The number of carbonyl (C=O) groups excluding carboxylic acids is 1. The summed E-state index contributed by atoms with van der Waals surface area (Å²) in [7, 11) is 1.61. The predicted octanol–water partition coefficient (Wildman–Crippen LogP) is 3.78. The molecule has 3 aromatic rings. The van der Waals surface area contributed by atoms with Crippen LogP contribution < -0.4 is 14.8 Å². The fraction of sp³-hybridized carbons (Fsp3) is 0.238. The summed E-state index contributed by atoms with van der Waals surface area (Å²) in [6.45, 7) is 4.80. The number of aryl methyl sites for hydroxylation is 1. The quantitative estimate of drug-likeness (QED) is 0.644. The third kappa shape index (κ3) is 4.47. The molecule has 0 unspecified atom stereocenters. The van der Waals surface area contributed by atoms with Crippen molar-refractivity contribution >= 4 is 5.91 Å². The van der Waals surface area contributed by atoms with E-state index < -0.39 is 0 Å². The second-order valence-electron chi connectivity index (χ2n) is 6.11. The van der Waals surface area contributed by atoms with Crippen LogP contribution in [0.2, 0.25) is 0 Å². The molecule has 6 heteroatoms. The molecule has 6 nitrogen and oxygen atoms in total. The maximum atomic E-state index is 12.2. The van der Waals surface area contributed by atoms with Crippen molar-refractivity contribution in [3.8, 4) is 22.8 Å². The molecule has 3 rings (SSSR count). The highest BCUT2D eigenvalue weighted by Crippen LogP contribution is 2.23. The number of aromatic nitrogens is 1. The molecule has 1 heterocycles. The number of benzene rings is 2. The first-order valence-electron chi connectivity index (χ1n) is 8.67. The van der Waals surface area contributed by atoms with E-state index >= 15 is 0 Å². The Morgan fingerprint density at radius 2 is 1.93 bits per heavy atom. The van der Waals surface area contributed by atoms with Crippen molar-refractivity contribution in [1.82, 2.24) is 10.5 Å². The number of methoxy groups -OCH3 is 1. The fourth-order valence-electron chi connectivity index (χ4n) is 2.57. The van der Waals surface area contributed by atoms with Gasteiger partial charge in [-0.05, 0) is 55.3 Å². The Kier molecular flexibility index (Phi) is 5.76. The highest BCUT2D eigenvalue weighted by molar-refractivity contribution is 5.93. The van der Waals surface area contributed by atoms with Crippen LogP contribution in [-0.2, 0) is 0 Å². The number of rotatable bonds is 7. The standard InChI is InChI=1S/C21H22N2O4/c1-14-5-4-6-19(15(14)2)26-12-11-22-21(24)18-13-20(27-23-18)16-7-9-17(25-3)10-8-16/h4-10,13H,11-12H2,1-3H3,(H,22,24). The Morgan fingerprint density at radius 1 is 1.15 bits per heavy atom. The van der Waals surface area contributed by atoms with Gasteiger partial charge in [0.2, 0.25) is 0 Å². The molecule has 0 saturated carbocycles. The number of hydrogen-bond donors (Lipinski definition) is 1. The van der Waals surface area contributed by atoms with E-state index in [1.807, 2.05) is 56.3 Å². The van der Waals surface area contributed by atoms with Gasteiger partial charge >= 0.3 is 0 Å². The summed E-state index contributed by atoms with van der Waals surface area (Å²) in [4.78, 5) is 12.2. The molecule has 0 bridgehead atoms. The van der Waals surface area contributed by atoms with Crippen LogP contribution in [0.15, 0.2) is 53.1 Å². The van der Waals surface area contributed by atoms with Crippen molar-refractivity contribution in [3.63, 3.8) is 0 Å². The summed E-state index contributed by atoms with van der Waals surface area (Å²) in [6.07, 6.45) is 0. The van der Waals surface area contributed by atoms with E-state index in [0.29, 0.717) is 18.9 Å². The maximum absolute atomic E-state index is 12.2.